The van der Waals surface area contributed by atoms with Crippen molar-refractivity contribution < 1.29 is 14.3 Å². The summed E-state index contributed by atoms with van der Waals surface area (Å²) in [5.41, 5.74) is 3.28. The number of hydrogen-bond donors (Lipinski definition) is 0. The number of benzene rings is 3. The summed E-state index contributed by atoms with van der Waals surface area (Å²) in [5.74, 6) is 0.692. The molecular weight excluding hydrogens is 424 g/mol. The van der Waals surface area contributed by atoms with Gasteiger partial charge in [-0.15, -0.1) is 0 Å². The third kappa shape index (κ3) is 4.69. The molecule has 0 aromatic heterocycles. The molecule has 5 heteroatoms. The Morgan fingerprint density at radius 1 is 1.00 bits per heavy atom. The van der Waals surface area contributed by atoms with Crippen LogP contribution in [0.3, 0.4) is 0 Å². The molecule has 1 aliphatic rings. The normalized spacial score (nSPS) is 17.1. The lowest BCUT2D eigenvalue weighted by Gasteiger charge is -2.43. The summed E-state index contributed by atoms with van der Waals surface area (Å²) >= 11 is 0. The molecule has 3 aromatic rings. The lowest BCUT2D eigenvalue weighted by atomic mass is 9.89. The summed E-state index contributed by atoms with van der Waals surface area (Å²) in [6, 6.07) is 24.8. The highest BCUT2D eigenvalue weighted by atomic mass is 16.5. The van der Waals surface area contributed by atoms with Crippen LogP contribution in [0.25, 0.3) is 0 Å². The molecule has 1 aliphatic heterocycles. The minimum absolute atomic E-state index is 0.0337. The molecule has 2 amide bonds. The van der Waals surface area contributed by atoms with Gasteiger partial charge in [0, 0.05) is 29.4 Å². The van der Waals surface area contributed by atoms with Gasteiger partial charge in [-0.1, -0.05) is 55.8 Å². The molecule has 176 valence electrons. The van der Waals surface area contributed by atoms with Crippen molar-refractivity contribution >= 4 is 23.2 Å². The van der Waals surface area contributed by atoms with Crippen LogP contribution < -0.4 is 14.5 Å². The summed E-state index contributed by atoms with van der Waals surface area (Å²) in [7, 11) is 1.60. The Bertz CT molecular complexity index is 1140. The number of rotatable bonds is 7. The molecule has 0 fully saturated rings. The number of anilines is 2. The van der Waals surface area contributed by atoms with E-state index in [2.05, 4.69) is 13.8 Å². The van der Waals surface area contributed by atoms with E-state index in [1.165, 1.54) is 0 Å². The number of hydrogen-bond acceptors (Lipinski definition) is 3. The van der Waals surface area contributed by atoms with E-state index in [1.54, 1.807) is 13.2 Å². The number of methoxy groups -OCH3 is 1. The summed E-state index contributed by atoms with van der Waals surface area (Å²) < 4.78 is 5.37. The maximum atomic E-state index is 14.0. The largest absolute Gasteiger partial charge is 0.497 e. The molecule has 2 atom stereocenters. The monoisotopic (exact) mass is 456 g/mol. The zero-order chi connectivity index (χ0) is 24.1. The van der Waals surface area contributed by atoms with E-state index >= 15 is 0 Å². The standard InChI is InChI=1S/C29H32N2O3/c1-4-5-18-28(32)30-21(2)19-27(25-16-9-10-17-26(25)30)31(23-13-7-6-8-14-23)29(33)22-12-11-15-24(20-22)34-3/h6-17,20-21,27H,4-5,18-19H2,1-3H3/t21-,27-/m0/s1. The van der Waals surface area contributed by atoms with Gasteiger partial charge in [0.2, 0.25) is 5.91 Å². The molecule has 0 spiro atoms. The Labute approximate surface area is 202 Å². The summed E-state index contributed by atoms with van der Waals surface area (Å²) in [6.07, 6.45) is 3.04. The minimum Gasteiger partial charge on any atom is -0.497 e. The third-order valence-corrected chi connectivity index (χ3v) is 6.45. The van der Waals surface area contributed by atoms with E-state index in [9.17, 15) is 9.59 Å². The first-order chi connectivity index (χ1) is 16.5. The van der Waals surface area contributed by atoms with Crippen molar-refractivity contribution in [1.82, 2.24) is 0 Å². The van der Waals surface area contributed by atoms with Gasteiger partial charge in [0.25, 0.3) is 5.91 Å². The van der Waals surface area contributed by atoms with Crippen LogP contribution in [0.4, 0.5) is 11.4 Å². The van der Waals surface area contributed by atoms with Gasteiger partial charge in [-0.2, -0.15) is 0 Å². The SMILES string of the molecule is CCCCC(=O)N1c2ccccc2[C@@H](N(C(=O)c2cccc(OC)c2)c2ccccc2)C[C@@H]1C. The number of fused-ring (bicyclic) bond motifs is 1. The van der Waals surface area contributed by atoms with E-state index in [0.29, 0.717) is 24.2 Å². The van der Waals surface area contributed by atoms with E-state index in [4.69, 9.17) is 4.74 Å². The highest BCUT2D eigenvalue weighted by Crippen LogP contribution is 2.43. The molecule has 0 N–H and O–H groups in total. The molecule has 0 saturated heterocycles. The van der Waals surface area contributed by atoms with Crippen LogP contribution in [-0.4, -0.2) is 25.0 Å². The Morgan fingerprint density at radius 2 is 1.74 bits per heavy atom. The van der Waals surface area contributed by atoms with Crippen molar-refractivity contribution in [2.45, 2.75) is 51.6 Å². The van der Waals surface area contributed by atoms with Gasteiger partial charge in [0.1, 0.15) is 5.75 Å². The third-order valence-electron chi connectivity index (χ3n) is 6.45. The van der Waals surface area contributed by atoms with Crippen molar-refractivity contribution in [3.63, 3.8) is 0 Å². The first-order valence-electron chi connectivity index (χ1n) is 12.0. The molecule has 0 saturated carbocycles. The van der Waals surface area contributed by atoms with Crippen LogP contribution in [0.1, 0.15) is 61.5 Å². The van der Waals surface area contributed by atoms with Crippen LogP contribution in [0.15, 0.2) is 78.9 Å². The maximum absolute atomic E-state index is 14.0. The van der Waals surface area contributed by atoms with E-state index < -0.39 is 0 Å². The van der Waals surface area contributed by atoms with Crippen molar-refractivity contribution in [3.05, 3.63) is 90.0 Å². The van der Waals surface area contributed by atoms with Crippen molar-refractivity contribution in [1.29, 1.82) is 0 Å². The van der Waals surface area contributed by atoms with Crippen molar-refractivity contribution in [3.8, 4) is 5.75 Å². The van der Waals surface area contributed by atoms with Gasteiger partial charge in [-0.3, -0.25) is 9.59 Å². The van der Waals surface area contributed by atoms with Crippen LogP contribution >= 0.6 is 0 Å². The zero-order valence-electron chi connectivity index (χ0n) is 20.1. The molecule has 0 unspecified atom stereocenters. The van der Waals surface area contributed by atoms with E-state index in [-0.39, 0.29) is 23.9 Å². The Kier molecular flexibility index (Phi) is 7.31. The molecule has 34 heavy (non-hydrogen) atoms. The number of para-hydroxylation sites is 2. The van der Waals surface area contributed by atoms with E-state index in [0.717, 1.165) is 29.8 Å². The predicted octanol–water partition coefficient (Wildman–Crippen LogP) is 6.40. The second-order valence-corrected chi connectivity index (χ2v) is 8.77. The van der Waals surface area contributed by atoms with Crippen LogP contribution in [0.5, 0.6) is 5.75 Å². The molecule has 0 radical (unpaired) electrons. The quantitative estimate of drug-likeness (QED) is 0.413. The molecule has 1 heterocycles. The fraction of sp³-hybridized carbons (Fsp3) is 0.310. The first-order valence-corrected chi connectivity index (χ1v) is 12.0. The van der Waals surface area contributed by atoms with Crippen LogP contribution in [-0.2, 0) is 4.79 Å². The van der Waals surface area contributed by atoms with Gasteiger partial charge in [-0.05, 0) is 61.7 Å². The lowest BCUT2D eigenvalue weighted by molar-refractivity contribution is -0.119. The fourth-order valence-electron chi connectivity index (χ4n) is 4.78. The fourth-order valence-corrected chi connectivity index (χ4v) is 4.78. The number of unbranched alkanes of at least 4 members (excludes halogenated alkanes) is 1. The molecule has 5 nitrogen and oxygen atoms in total. The average molecular weight is 457 g/mol. The zero-order valence-corrected chi connectivity index (χ0v) is 20.1. The molecular formula is C29H32N2O3. The number of nitrogens with zero attached hydrogens (tertiary/aromatic N) is 2. The molecule has 4 rings (SSSR count). The topological polar surface area (TPSA) is 49.9 Å². The maximum Gasteiger partial charge on any atom is 0.258 e. The van der Waals surface area contributed by atoms with Gasteiger partial charge < -0.3 is 14.5 Å². The van der Waals surface area contributed by atoms with Crippen LogP contribution in [0, 0.1) is 0 Å². The van der Waals surface area contributed by atoms with Gasteiger partial charge in [0.05, 0.1) is 13.2 Å². The molecule has 0 aliphatic carbocycles. The van der Waals surface area contributed by atoms with Crippen LogP contribution in [0.2, 0.25) is 0 Å². The number of carbonyl (C=O) groups excluding carboxylic acids is 2. The Morgan fingerprint density at radius 3 is 2.47 bits per heavy atom. The highest BCUT2D eigenvalue weighted by Gasteiger charge is 2.38. The number of amides is 2. The Hall–Kier alpha value is -3.60. The first kappa shape index (κ1) is 23.6. The van der Waals surface area contributed by atoms with E-state index in [1.807, 2.05) is 82.6 Å². The van der Waals surface area contributed by atoms with Gasteiger partial charge >= 0.3 is 0 Å². The van der Waals surface area contributed by atoms with Gasteiger partial charge in [0.15, 0.2) is 0 Å². The summed E-state index contributed by atoms with van der Waals surface area (Å²) in [6.45, 7) is 4.17. The second kappa shape index (κ2) is 10.6. The summed E-state index contributed by atoms with van der Waals surface area (Å²) in [5, 5.41) is 0. The Balaban J connectivity index is 1.80. The molecule has 3 aromatic carbocycles. The summed E-state index contributed by atoms with van der Waals surface area (Å²) in [4.78, 5) is 30.9. The lowest BCUT2D eigenvalue weighted by Crippen LogP contribution is -2.47. The smallest absolute Gasteiger partial charge is 0.258 e. The number of ether oxygens (including phenoxy) is 1. The van der Waals surface area contributed by atoms with Gasteiger partial charge in [-0.25, -0.2) is 0 Å². The van der Waals surface area contributed by atoms with Crippen molar-refractivity contribution in [2.75, 3.05) is 16.9 Å². The van der Waals surface area contributed by atoms with Crippen molar-refractivity contribution in [2.24, 2.45) is 0 Å². The highest BCUT2D eigenvalue weighted by molar-refractivity contribution is 6.07. The predicted molar refractivity (Wildman–Crippen MR) is 137 cm³/mol. The average Bonchev–Trinajstić information content (AvgIpc) is 2.88. The second-order valence-electron chi connectivity index (χ2n) is 8.77. The minimum atomic E-state index is -0.206. The molecule has 0 bridgehead atoms. The number of carbonyl (C=O) groups is 2.